The highest BCUT2D eigenvalue weighted by Gasteiger charge is 2.22. The van der Waals surface area contributed by atoms with Crippen LogP contribution < -0.4 is 5.32 Å². The molecule has 7 heteroatoms. The highest BCUT2D eigenvalue weighted by atomic mass is 32.2. The highest BCUT2D eigenvalue weighted by molar-refractivity contribution is 7.90. The third kappa shape index (κ3) is 4.41. The molecule has 1 heterocycles. The number of nitrogens with one attached hydrogen (secondary N) is 1. The second-order valence-electron chi connectivity index (χ2n) is 8.31. The molecule has 0 saturated heterocycles. The maximum atomic E-state index is 13.3. The van der Waals surface area contributed by atoms with Crippen molar-refractivity contribution in [3.8, 4) is 0 Å². The number of aromatic nitrogens is 2. The highest BCUT2D eigenvalue weighted by Crippen LogP contribution is 2.28. The molecule has 6 nitrogen and oxygen atoms in total. The first-order valence-corrected chi connectivity index (χ1v) is 12.3. The van der Waals surface area contributed by atoms with Gasteiger partial charge in [-0.05, 0) is 56.0 Å². The summed E-state index contributed by atoms with van der Waals surface area (Å²) in [4.78, 5) is 13.5. The zero-order valence-electron chi connectivity index (χ0n) is 17.4. The van der Waals surface area contributed by atoms with Crippen molar-refractivity contribution in [3.63, 3.8) is 0 Å². The number of anilines is 1. The number of carbonyl (C=O) groups is 1. The van der Waals surface area contributed by atoms with E-state index in [0.29, 0.717) is 17.3 Å². The number of hydrogen-bond donors (Lipinski definition) is 1. The molecule has 0 atom stereocenters. The molecule has 1 aliphatic rings. The van der Waals surface area contributed by atoms with E-state index in [0.717, 1.165) is 42.1 Å². The predicted molar refractivity (Wildman–Crippen MR) is 119 cm³/mol. The molecule has 0 bridgehead atoms. The molecular formula is C23H27N3O3S. The Kier molecular flexibility index (Phi) is 5.64. The van der Waals surface area contributed by atoms with E-state index in [-0.39, 0.29) is 10.8 Å². The Morgan fingerprint density at radius 2 is 1.90 bits per heavy atom. The van der Waals surface area contributed by atoms with Crippen LogP contribution in [0.15, 0.2) is 47.4 Å². The minimum atomic E-state index is -3.35. The lowest BCUT2D eigenvalue weighted by atomic mass is 9.89. The summed E-state index contributed by atoms with van der Waals surface area (Å²) in [5.74, 6) is 0.249. The normalized spacial score (nSPS) is 15.4. The van der Waals surface area contributed by atoms with Crippen molar-refractivity contribution in [2.45, 2.75) is 50.5 Å². The second-order valence-corrected chi connectivity index (χ2v) is 10.3. The molecule has 1 saturated carbocycles. The molecule has 1 aliphatic carbocycles. The number of hydrogen-bond acceptors (Lipinski definition) is 4. The minimum Gasteiger partial charge on any atom is -0.321 e. The first-order valence-electron chi connectivity index (χ1n) is 10.4. The van der Waals surface area contributed by atoms with Crippen LogP contribution in [0.4, 0.5) is 5.69 Å². The first-order chi connectivity index (χ1) is 14.3. The van der Waals surface area contributed by atoms with Crippen LogP contribution in [0.3, 0.4) is 0 Å². The van der Waals surface area contributed by atoms with Gasteiger partial charge in [-0.1, -0.05) is 37.0 Å². The van der Waals surface area contributed by atoms with E-state index in [4.69, 9.17) is 5.10 Å². The van der Waals surface area contributed by atoms with Gasteiger partial charge in [-0.3, -0.25) is 9.48 Å². The Labute approximate surface area is 177 Å². The maximum Gasteiger partial charge on any atom is 0.274 e. The van der Waals surface area contributed by atoms with Gasteiger partial charge in [0.2, 0.25) is 0 Å². The molecule has 3 aromatic rings. The van der Waals surface area contributed by atoms with Crippen molar-refractivity contribution in [3.05, 3.63) is 53.7 Å². The summed E-state index contributed by atoms with van der Waals surface area (Å²) in [5, 5.41) is 8.43. The first kappa shape index (κ1) is 20.6. The average Bonchev–Trinajstić information content (AvgIpc) is 3.05. The number of amides is 1. The van der Waals surface area contributed by atoms with Crippen molar-refractivity contribution in [1.29, 1.82) is 0 Å². The molecule has 1 fully saturated rings. The topological polar surface area (TPSA) is 81.1 Å². The van der Waals surface area contributed by atoms with Gasteiger partial charge in [-0.25, -0.2) is 8.42 Å². The summed E-state index contributed by atoms with van der Waals surface area (Å²) in [6.45, 7) is 2.72. The lowest BCUT2D eigenvalue weighted by Crippen LogP contribution is -2.22. The van der Waals surface area contributed by atoms with Gasteiger partial charge in [0.05, 0.1) is 10.4 Å². The lowest BCUT2D eigenvalue weighted by Gasteiger charge is -2.22. The number of aryl methyl sites for hydroxylation is 1. The summed E-state index contributed by atoms with van der Waals surface area (Å²) in [6, 6.07) is 12.3. The second kappa shape index (κ2) is 8.22. The summed E-state index contributed by atoms with van der Waals surface area (Å²) in [6.07, 6.45) is 7.21. The molecule has 1 aromatic heterocycles. The average molecular weight is 426 g/mol. The maximum absolute atomic E-state index is 13.3. The summed E-state index contributed by atoms with van der Waals surface area (Å²) < 4.78 is 25.6. The van der Waals surface area contributed by atoms with Gasteiger partial charge < -0.3 is 5.32 Å². The SMILES string of the molecule is Cc1ccc2nn(CC3CCCCC3)c(C(=O)Nc3cccc(S(C)(=O)=O)c3)c2c1. The summed E-state index contributed by atoms with van der Waals surface area (Å²) in [5.41, 5.74) is 2.84. The molecule has 2 aromatic carbocycles. The van der Waals surface area contributed by atoms with Gasteiger partial charge in [0, 0.05) is 23.9 Å². The molecule has 0 spiro atoms. The fourth-order valence-electron chi connectivity index (χ4n) is 4.23. The number of carbonyl (C=O) groups excluding carboxylic acids is 1. The van der Waals surface area contributed by atoms with Crippen molar-refractivity contribution in [2.75, 3.05) is 11.6 Å². The number of benzene rings is 2. The minimum absolute atomic E-state index is 0.178. The largest absolute Gasteiger partial charge is 0.321 e. The molecule has 1 amide bonds. The quantitative estimate of drug-likeness (QED) is 0.649. The van der Waals surface area contributed by atoms with Gasteiger partial charge in [0.15, 0.2) is 9.84 Å². The lowest BCUT2D eigenvalue weighted by molar-refractivity contribution is 0.101. The van der Waals surface area contributed by atoms with E-state index >= 15 is 0 Å². The predicted octanol–water partition coefficient (Wildman–Crippen LogP) is 4.58. The smallest absolute Gasteiger partial charge is 0.274 e. The van der Waals surface area contributed by atoms with Gasteiger partial charge in [0.1, 0.15) is 5.69 Å². The Balaban J connectivity index is 1.70. The number of nitrogens with zero attached hydrogens (tertiary/aromatic N) is 2. The molecule has 4 rings (SSSR count). The van der Waals surface area contributed by atoms with E-state index < -0.39 is 9.84 Å². The van der Waals surface area contributed by atoms with E-state index in [1.165, 1.54) is 31.4 Å². The van der Waals surface area contributed by atoms with Crippen molar-refractivity contribution >= 4 is 32.3 Å². The zero-order chi connectivity index (χ0) is 21.3. The zero-order valence-corrected chi connectivity index (χ0v) is 18.2. The molecule has 0 aliphatic heterocycles. The Hall–Kier alpha value is -2.67. The monoisotopic (exact) mass is 425 g/mol. The molecule has 158 valence electrons. The van der Waals surface area contributed by atoms with Crippen LogP contribution >= 0.6 is 0 Å². The van der Waals surface area contributed by atoms with E-state index in [2.05, 4.69) is 5.32 Å². The fraction of sp³-hybridized carbons (Fsp3) is 0.391. The Bertz CT molecular complexity index is 1190. The molecule has 30 heavy (non-hydrogen) atoms. The van der Waals surface area contributed by atoms with Crippen LogP contribution in [0, 0.1) is 12.8 Å². The van der Waals surface area contributed by atoms with Crippen molar-refractivity contribution in [2.24, 2.45) is 5.92 Å². The molecule has 1 N–H and O–H groups in total. The van der Waals surface area contributed by atoms with Gasteiger partial charge in [-0.2, -0.15) is 5.10 Å². The number of fused-ring (bicyclic) bond motifs is 1. The number of sulfone groups is 1. The van der Waals surface area contributed by atoms with Crippen LogP contribution in [0.2, 0.25) is 0 Å². The van der Waals surface area contributed by atoms with Crippen molar-refractivity contribution < 1.29 is 13.2 Å². The number of rotatable bonds is 5. The fourth-order valence-corrected chi connectivity index (χ4v) is 4.89. The van der Waals surface area contributed by atoms with Crippen LogP contribution in [0.25, 0.3) is 10.9 Å². The molecule has 0 radical (unpaired) electrons. The van der Waals surface area contributed by atoms with E-state index in [1.54, 1.807) is 12.1 Å². The van der Waals surface area contributed by atoms with E-state index in [9.17, 15) is 13.2 Å². The summed E-state index contributed by atoms with van der Waals surface area (Å²) >= 11 is 0. The van der Waals surface area contributed by atoms with Gasteiger partial charge in [0.25, 0.3) is 5.91 Å². The molecular weight excluding hydrogens is 398 g/mol. The van der Waals surface area contributed by atoms with Gasteiger partial charge >= 0.3 is 0 Å². The standard InChI is InChI=1S/C23H27N3O3S/c1-16-11-12-21-20(13-16)22(26(25-21)15-17-7-4-3-5-8-17)23(27)24-18-9-6-10-19(14-18)30(2,28)29/h6,9-14,17H,3-5,7-8,15H2,1-2H3,(H,24,27). The van der Waals surface area contributed by atoms with Crippen LogP contribution in [-0.4, -0.2) is 30.4 Å². The molecule has 0 unspecified atom stereocenters. The van der Waals surface area contributed by atoms with Gasteiger partial charge in [-0.15, -0.1) is 0 Å². The third-order valence-electron chi connectivity index (χ3n) is 5.78. The van der Waals surface area contributed by atoms with Crippen LogP contribution in [0.1, 0.15) is 48.2 Å². The van der Waals surface area contributed by atoms with Crippen LogP contribution in [-0.2, 0) is 16.4 Å². The van der Waals surface area contributed by atoms with Crippen LogP contribution in [0.5, 0.6) is 0 Å². The Morgan fingerprint density at radius 3 is 2.63 bits per heavy atom. The van der Waals surface area contributed by atoms with E-state index in [1.807, 2.05) is 29.8 Å². The van der Waals surface area contributed by atoms with Crippen molar-refractivity contribution in [1.82, 2.24) is 9.78 Å². The Morgan fingerprint density at radius 1 is 1.13 bits per heavy atom. The summed E-state index contributed by atoms with van der Waals surface area (Å²) in [7, 11) is -3.35. The third-order valence-corrected chi connectivity index (χ3v) is 6.89.